The summed E-state index contributed by atoms with van der Waals surface area (Å²) < 4.78 is 40.1. The van der Waals surface area contributed by atoms with E-state index in [1.807, 2.05) is 0 Å². The van der Waals surface area contributed by atoms with Crippen LogP contribution in [0, 0.1) is 5.92 Å². The van der Waals surface area contributed by atoms with Crippen molar-refractivity contribution in [1.29, 1.82) is 0 Å². The molecule has 0 radical (unpaired) electrons. The minimum atomic E-state index is -3.90. The molecule has 0 saturated heterocycles. The first-order chi connectivity index (χ1) is 4.45. The van der Waals surface area contributed by atoms with Gasteiger partial charge in [-0.05, 0) is 12.3 Å². The molecule has 0 fully saturated rings. The first kappa shape index (κ1) is 9.84. The Morgan fingerprint density at radius 1 is 1.60 bits per heavy atom. The maximum atomic E-state index is 11.7. The Labute approximate surface area is 60.0 Å². The molecule has 62 valence electrons. The fourth-order valence-corrected chi connectivity index (χ4v) is 1.13. The van der Waals surface area contributed by atoms with Gasteiger partial charge in [-0.3, -0.25) is 8.94 Å². The van der Waals surface area contributed by atoms with E-state index in [2.05, 4.69) is 0 Å². The molecule has 0 heterocycles. The van der Waals surface area contributed by atoms with Gasteiger partial charge in [-0.1, -0.05) is 6.92 Å². The Kier molecular flexibility index (Phi) is 3.81. The second kappa shape index (κ2) is 3.88. The molecule has 0 aromatic rings. The van der Waals surface area contributed by atoms with Crippen LogP contribution in [0.25, 0.3) is 0 Å². The fraction of sp³-hybridized carbons (Fsp3) is 1.00. The molecule has 0 saturated carbocycles. The second-order valence-electron chi connectivity index (χ2n) is 2.33. The zero-order valence-corrected chi connectivity index (χ0v) is 6.57. The maximum Gasteiger partial charge on any atom is 0.264 e. The predicted octanol–water partition coefficient (Wildman–Crippen LogP) is 0.870. The van der Waals surface area contributed by atoms with E-state index < -0.39 is 16.8 Å². The number of rotatable bonds is 4. The lowest BCUT2D eigenvalue weighted by molar-refractivity contribution is 0.372. The van der Waals surface area contributed by atoms with Crippen molar-refractivity contribution in [2.75, 3.05) is 12.4 Å². The number of alkyl halides is 1. The summed E-state index contributed by atoms with van der Waals surface area (Å²) in [6.07, 6.45) is 0.176. The Bertz CT molecular complexity index is 175. The van der Waals surface area contributed by atoms with Gasteiger partial charge in [0.25, 0.3) is 10.1 Å². The van der Waals surface area contributed by atoms with E-state index in [-0.39, 0.29) is 18.1 Å². The Balaban J connectivity index is 3.56. The summed E-state index contributed by atoms with van der Waals surface area (Å²) in [5, 5.41) is 0. The van der Waals surface area contributed by atoms with Crippen LogP contribution in [0.15, 0.2) is 0 Å². The quantitative estimate of drug-likeness (QED) is 0.637. The zero-order chi connectivity index (χ0) is 8.20. The van der Waals surface area contributed by atoms with Gasteiger partial charge in [0, 0.05) is 0 Å². The van der Waals surface area contributed by atoms with Gasteiger partial charge in [0.05, 0.1) is 12.4 Å². The number of hydrogen-bond acceptors (Lipinski definition) is 2. The topological polar surface area (TPSA) is 54.4 Å². The van der Waals surface area contributed by atoms with Gasteiger partial charge in [0.15, 0.2) is 0 Å². The fourth-order valence-electron chi connectivity index (χ4n) is 0.427. The lowest BCUT2D eigenvalue weighted by Gasteiger charge is -2.02. The SMILES string of the molecule is CC(CF)CCS(=O)(=O)O. The molecule has 5 heteroatoms. The molecule has 0 aliphatic heterocycles. The second-order valence-corrected chi connectivity index (χ2v) is 3.91. The number of halogens is 1. The summed E-state index contributed by atoms with van der Waals surface area (Å²) in [5.41, 5.74) is 0. The molecule has 0 spiro atoms. The van der Waals surface area contributed by atoms with E-state index in [1.165, 1.54) is 0 Å². The summed E-state index contributed by atoms with van der Waals surface area (Å²) in [6, 6.07) is 0. The van der Waals surface area contributed by atoms with Crippen molar-refractivity contribution in [2.45, 2.75) is 13.3 Å². The molecule has 10 heavy (non-hydrogen) atoms. The van der Waals surface area contributed by atoms with Crippen LogP contribution in [-0.4, -0.2) is 25.4 Å². The molecule has 1 atom stereocenters. The lowest BCUT2D eigenvalue weighted by atomic mass is 10.1. The van der Waals surface area contributed by atoms with Gasteiger partial charge >= 0.3 is 0 Å². The maximum absolute atomic E-state index is 11.7. The normalized spacial score (nSPS) is 15.1. The first-order valence-electron chi connectivity index (χ1n) is 2.97. The highest BCUT2D eigenvalue weighted by molar-refractivity contribution is 7.85. The molecule has 0 aromatic heterocycles. The Morgan fingerprint density at radius 2 is 2.10 bits per heavy atom. The van der Waals surface area contributed by atoms with Gasteiger partial charge < -0.3 is 0 Å². The average molecular weight is 170 g/mol. The molecular weight excluding hydrogens is 159 g/mol. The van der Waals surface area contributed by atoms with Crippen LogP contribution in [0.1, 0.15) is 13.3 Å². The molecule has 3 nitrogen and oxygen atoms in total. The molecule has 0 aliphatic carbocycles. The largest absolute Gasteiger partial charge is 0.286 e. The number of hydrogen-bond donors (Lipinski definition) is 1. The van der Waals surface area contributed by atoms with E-state index in [0.717, 1.165) is 0 Å². The smallest absolute Gasteiger partial charge is 0.264 e. The van der Waals surface area contributed by atoms with E-state index in [4.69, 9.17) is 4.55 Å². The molecule has 1 N–H and O–H groups in total. The summed E-state index contributed by atoms with van der Waals surface area (Å²) in [4.78, 5) is 0. The third-order valence-corrected chi connectivity index (χ3v) is 1.88. The van der Waals surface area contributed by atoms with Crippen molar-refractivity contribution < 1.29 is 17.4 Å². The Morgan fingerprint density at radius 3 is 2.40 bits per heavy atom. The van der Waals surface area contributed by atoms with E-state index >= 15 is 0 Å². The highest BCUT2D eigenvalue weighted by Crippen LogP contribution is 2.03. The minimum Gasteiger partial charge on any atom is -0.286 e. The van der Waals surface area contributed by atoms with E-state index in [9.17, 15) is 12.8 Å². The van der Waals surface area contributed by atoms with Gasteiger partial charge in [0.1, 0.15) is 0 Å². The van der Waals surface area contributed by atoms with Crippen LogP contribution in [0.5, 0.6) is 0 Å². The third-order valence-electron chi connectivity index (χ3n) is 1.13. The van der Waals surface area contributed by atoms with Gasteiger partial charge in [0.2, 0.25) is 0 Å². The summed E-state index contributed by atoms with van der Waals surface area (Å²) >= 11 is 0. The van der Waals surface area contributed by atoms with Crippen molar-refractivity contribution in [1.82, 2.24) is 0 Å². The molecule has 0 aliphatic rings. The van der Waals surface area contributed by atoms with Gasteiger partial charge in [-0.15, -0.1) is 0 Å². The van der Waals surface area contributed by atoms with Crippen LogP contribution in [-0.2, 0) is 10.1 Å². The summed E-state index contributed by atoms with van der Waals surface area (Å²) in [7, 11) is -3.90. The predicted molar refractivity (Wildman–Crippen MR) is 36.2 cm³/mol. The molecule has 0 bridgehead atoms. The molecule has 0 rings (SSSR count). The summed E-state index contributed by atoms with van der Waals surface area (Å²) in [6.45, 7) is 1.04. The van der Waals surface area contributed by atoms with Gasteiger partial charge in [-0.25, -0.2) is 0 Å². The monoisotopic (exact) mass is 170 g/mol. The van der Waals surface area contributed by atoms with Crippen molar-refractivity contribution >= 4 is 10.1 Å². The van der Waals surface area contributed by atoms with Crippen LogP contribution < -0.4 is 0 Å². The lowest BCUT2D eigenvalue weighted by Crippen LogP contribution is -2.09. The third kappa shape index (κ3) is 5.97. The molecular formula is C5H11FO3S. The van der Waals surface area contributed by atoms with E-state index in [1.54, 1.807) is 6.92 Å². The van der Waals surface area contributed by atoms with Crippen molar-refractivity contribution in [3.63, 3.8) is 0 Å². The minimum absolute atomic E-state index is 0.176. The Hall–Kier alpha value is -0.160. The van der Waals surface area contributed by atoms with E-state index in [0.29, 0.717) is 0 Å². The van der Waals surface area contributed by atoms with Crippen molar-refractivity contribution in [2.24, 2.45) is 5.92 Å². The average Bonchev–Trinajstić information content (AvgIpc) is 1.81. The molecule has 0 aromatic carbocycles. The molecule has 1 unspecified atom stereocenters. The standard InChI is InChI=1S/C5H11FO3S/c1-5(4-6)2-3-10(7,8)9/h5H,2-4H2,1H3,(H,7,8,9). The van der Waals surface area contributed by atoms with Crippen LogP contribution in [0.2, 0.25) is 0 Å². The highest BCUT2D eigenvalue weighted by atomic mass is 32.2. The van der Waals surface area contributed by atoms with Crippen molar-refractivity contribution in [3.8, 4) is 0 Å². The summed E-state index contributed by atoms with van der Waals surface area (Å²) in [5.74, 6) is -0.639. The van der Waals surface area contributed by atoms with Crippen LogP contribution >= 0.6 is 0 Å². The molecule has 0 amide bonds. The first-order valence-corrected chi connectivity index (χ1v) is 4.57. The van der Waals surface area contributed by atoms with Crippen molar-refractivity contribution in [3.05, 3.63) is 0 Å². The zero-order valence-electron chi connectivity index (χ0n) is 5.75. The van der Waals surface area contributed by atoms with Crippen LogP contribution in [0.4, 0.5) is 4.39 Å². The van der Waals surface area contributed by atoms with Crippen LogP contribution in [0.3, 0.4) is 0 Å². The highest BCUT2D eigenvalue weighted by Gasteiger charge is 2.08. The van der Waals surface area contributed by atoms with Gasteiger partial charge in [-0.2, -0.15) is 8.42 Å².